The van der Waals surface area contributed by atoms with Crippen molar-refractivity contribution in [2.45, 2.75) is 53.1 Å². The van der Waals surface area contributed by atoms with Crippen molar-refractivity contribution in [2.75, 3.05) is 39.3 Å². The molecule has 0 saturated carbocycles. The Labute approximate surface area is 198 Å². The molecule has 0 aliphatic rings. The topological polar surface area (TPSA) is 42.3 Å². The van der Waals surface area contributed by atoms with E-state index in [-0.39, 0.29) is 25.8 Å². The Morgan fingerprint density at radius 2 is 0.833 bits per heavy atom. The maximum atomic E-state index is 12.1. The van der Waals surface area contributed by atoms with Crippen molar-refractivity contribution in [1.29, 1.82) is 0 Å². The minimum atomic E-state index is -5.16. The van der Waals surface area contributed by atoms with Gasteiger partial charge in [-0.1, -0.05) is 41.5 Å². The van der Waals surface area contributed by atoms with Crippen molar-refractivity contribution in [1.82, 2.24) is 0 Å². The summed E-state index contributed by atoms with van der Waals surface area (Å²) < 4.78 is 72.7. The van der Waals surface area contributed by atoms with Crippen molar-refractivity contribution < 1.29 is 52.2 Å². The molecule has 3 nitrogen and oxygen atoms in total. The fourth-order valence-corrected chi connectivity index (χ4v) is 3.55. The molecule has 0 amide bonds. The molecule has 0 bridgehead atoms. The minimum absolute atomic E-state index is 0. The minimum Gasteiger partial charge on any atom is -0.663 e. The third-order valence-electron chi connectivity index (χ3n) is 3.02. The second-order valence-corrected chi connectivity index (χ2v) is 8.14. The van der Waals surface area contributed by atoms with Crippen LogP contribution in [0.25, 0.3) is 16.0 Å². The molecular weight excluding hydrogens is 591 g/mol. The summed E-state index contributed by atoms with van der Waals surface area (Å²) in [6.45, 7) is 18.1. The van der Waals surface area contributed by atoms with Gasteiger partial charge in [0.2, 0.25) is 0 Å². The van der Waals surface area contributed by atoms with Gasteiger partial charge in [-0.05, 0) is 0 Å². The van der Waals surface area contributed by atoms with Gasteiger partial charge in [0.05, 0.1) is 0 Å². The van der Waals surface area contributed by atoms with E-state index in [4.69, 9.17) is 0 Å². The number of nitrogens with zero attached hydrogens (tertiary/aromatic N) is 3. The van der Waals surface area contributed by atoms with Crippen LogP contribution in [0.2, 0.25) is 0 Å². The number of halogens is 6. The summed E-state index contributed by atoms with van der Waals surface area (Å²) in [5, 5.41) is 11.3. The molecule has 30 heavy (non-hydrogen) atoms. The van der Waals surface area contributed by atoms with Crippen LogP contribution in [-0.4, -0.2) is 59.7 Å². The molecule has 1 rings (SSSR count). The molecule has 176 valence electrons. The summed E-state index contributed by atoms with van der Waals surface area (Å²) in [6, 6.07) is 4.09. The third-order valence-corrected chi connectivity index (χ3v) is 5.38. The molecule has 11 heteroatoms. The molecule has 0 spiro atoms. The van der Waals surface area contributed by atoms with Crippen molar-refractivity contribution in [3.63, 3.8) is 0 Å². The van der Waals surface area contributed by atoms with Crippen molar-refractivity contribution >= 4 is 14.0 Å². The van der Waals surface area contributed by atoms with Crippen molar-refractivity contribution in [3.8, 4) is 0 Å². The molecule has 1 aromatic carbocycles. The predicted octanol–water partition coefficient (Wildman–Crippen LogP) is 6.24. The fraction of sp³-hybridized carbons (Fsp3) is 0.737. The van der Waals surface area contributed by atoms with Gasteiger partial charge < -0.3 is 16.0 Å². The molecular formula is C19H35F6HfN3Si. The largest absolute Gasteiger partial charge is 4.00 e. The third kappa shape index (κ3) is 24.2. The van der Waals surface area contributed by atoms with Gasteiger partial charge in [0, 0.05) is 0 Å². The Balaban J connectivity index is -0.000000176. The Morgan fingerprint density at radius 1 is 0.600 bits per heavy atom. The predicted molar refractivity (Wildman–Crippen MR) is 114 cm³/mol. The summed E-state index contributed by atoms with van der Waals surface area (Å²) in [5.74, 6) is -10.3. The van der Waals surface area contributed by atoms with E-state index in [1.165, 1.54) is 12.1 Å². The van der Waals surface area contributed by atoms with Crippen LogP contribution >= 0.6 is 0 Å². The van der Waals surface area contributed by atoms with Crippen LogP contribution in [0, 0.1) is 0 Å². The van der Waals surface area contributed by atoms with Gasteiger partial charge in [0.1, 0.15) is 0 Å². The molecule has 0 N–H and O–H groups in total. The maximum absolute atomic E-state index is 12.1. The van der Waals surface area contributed by atoms with Crippen LogP contribution in [0.5, 0.6) is 0 Å². The van der Waals surface area contributed by atoms with Crippen LogP contribution in [0.4, 0.5) is 26.3 Å². The average molecular weight is 626 g/mol. The van der Waals surface area contributed by atoms with E-state index in [0.717, 1.165) is 51.4 Å². The SMILES string of the molecule is CC[N-]CC.CC[N-]CC.CC[N-]CC.FC(F)(F)[SiH]([c-]1cccc1)C(F)(F)F.[Hf+4]. The van der Waals surface area contributed by atoms with E-state index in [1.54, 1.807) is 0 Å². The van der Waals surface area contributed by atoms with E-state index in [0.29, 0.717) is 0 Å². The van der Waals surface area contributed by atoms with Crippen LogP contribution < -0.4 is 5.19 Å². The Morgan fingerprint density at radius 3 is 0.967 bits per heavy atom. The molecule has 0 aliphatic carbocycles. The molecule has 0 heterocycles. The molecule has 0 fully saturated rings. The van der Waals surface area contributed by atoms with E-state index in [1.807, 2.05) is 41.5 Å². The van der Waals surface area contributed by atoms with Gasteiger partial charge >= 0.3 is 37.4 Å². The van der Waals surface area contributed by atoms with Gasteiger partial charge in [0.25, 0.3) is 8.80 Å². The van der Waals surface area contributed by atoms with E-state index >= 15 is 0 Å². The van der Waals surface area contributed by atoms with E-state index in [9.17, 15) is 26.3 Å². The number of alkyl halides is 6. The molecule has 0 radical (unpaired) electrons. The van der Waals surface area contributed by atoms with Crippen LogP contribution in [0.1, 0.15) is 41.5 Å². The molecule has 0 aliphatic heterocycles. The molecule has 0 saturated heterocycles. The zero-order chi connectivity index (χ0) is 23.3. The monoisotopic (exact) mass is 627 g/mol. The fourth-order valence-electron chi connectivity index (χ4n) is 1.82. The Kier molecular flexibility index (Phi) is 29.2. The summed E-state index contributed by atoms with van der Waals surface area (Å²) in [7, 11) is -4.92. The Hall–Kier alpha value is -0.103. The first-order chi connectivity index (χ1) is 13.5. The molecule has 0 aromatic heterocycles. The van der Waals surface area contributed by atoms with Crippen molar-refractivity contribution in [2.24, 2.45) is 0 Å². The van der Waals surface area contributed by atoms with Gasteiger partial charge in [-0.3, -0.25) is 0 Å². The molecule has 0 unspecified atom stereocenters. The summed E-state index contributed by atoms with van der Waals surface area (Å²) in [6.07, 6.45) is 0. The van der Waals surface area contributed by atoms with Gasteiger partial charge in [-0.15, -0.1) is 5.19 Å². The summed E-state index contributed by atoms with van der Waals surface area (Å²) in [4.78, 5) is 0. The second kappa shape index (κ2) is 23.6. The first-order valence-corrected chi connectivity index (χ1v) is 11.4. The van der Waals surface area contributed by atoms with Gasteiger partial charge in [0.15, 0.2) is 0 Å². The zero-order valence-electron chi connectivity index (χ0n) is 18.7. The molecule has 1 aromatic rings. The van der Waals surface area contributed by atoms with Crippen molar-refractivity contribution in [3.05, 3.63) is 40.2 Å². The average Bonchev–Trinajstić information content (AvgIpc) is 3.10. The second-order valence-electron chi connectivity index (χ2n) is 5.30. The number of hydrogen-bond donors (Lipinski definition) is 0. The first kappa shape index (κ1) is 37.2. The quantitative estimate of drug-likeness (QED) is 0.196. The van der Waals surface area contributed by atoms with Crippen LogP contribution in [-0.2, 0) is 25.8 Å². The van der Waals surface area contributed by atoms with Crippen LogP contribution in [0.15, 0.2) is 24.3 Å². The van der Waals surface area contributed by atoms with Gasteiger partial charge in [-0.2, -0.15) is 77.7 Å². The Bertz CT molecular complexity index is 395. The zero-order valence-corrected chi connectivity index (χ0v) is 23.5. The number of rotatable bonds is 7. The molecule has 0 atom stereocenters. The maximum Gasteiger partial charge on any atom is 4.00 e. The van der Waals surface area contributed by atoms with E-state index < -0.39 is 25.6 Å². The summed E-state index contributed by atoms with van der Waals surface area (Å²) in [5.41, 5.74) is 0. The smallest absolute Gasteiger partial charge is 0.663 e. The normalized spacial score (nSPS) is 10.6. The summed E-state index contributed by atoms with van der Waals surface area (Å²) >= 11 is 0. The van der Waals surface area contributed by atoms with Crippen LogP contribution in [0.3, 0.4) is 0 Å². The standard InChI is InChI=1S/C7H5F6Si.3C4H10N.Hf/c8-6(9,10)14(7(11,12)13)5-3-1-2-4-5;3*1-3-5-4-2;/h1-4,14H;3*3-4H2,1-2H3;/q4*-1;+4. The first-order valence-electron chi connectivity index (χ1n) is 9.72. The van der Waals surface area contributed by atoms with Gasteiger partial charge in [-0.25, -0.2) is 12.1 Å². The van der Waals surface area contributed by atoms with E-state index in [2.05, 4.69) is 16.0 Å². The number of hydrogen-bond acceptors (Lipinski definition) is 0.